The lowest BCUT2D eigenvalue weighted by atomic mass is 10.1. The Kier molecular flexibility index (Phi) is 5.76. The van der Waals surface area contributed by atoms with Crippen LogP contribution in [-0.4, -0.2) is 42.3 Å². The summed E-state index contributed by atoms with van der Waals surface area (Å²) in [6.45, 7) is 1.97. The van der Waals surface area contributed by atoms with Gasteiger partial charge in [0.15, 0.2) is 0 Å². The lowest BCUT2D eigenvalue weighted by Crippen LogP contribution is -2.24. The van der Waals surface area contributed by atoms with E-state index in [1.165, 1.54) is 11.1 Å². The number of aryl methyl sites for hydroxylation is 1. The van der Waals surface area contributed by atoms with Gasteiger partial charge in [0.25, 0.3) is 5.91 Å². The number of nitrogens with zero attached hydrogens (tertiary/aromatic N) is 2. The van der Waals surface area contributed by atoms with Gasteiger partial charge in [-0.25, -0.2) is 4.98 Å². The Morgan fingerprint density at radius 3 is 2.58 bits per heavy atom. The van der Waals surface area contributed by atoms with Crippen LogP contribution in [0.3, 0.4) is 0 Å². The van der Waals surface area contributed by atoms with Crippen molar-refractivity contribution in [2.24, 2.45) is 0 Å². The van der Waals surface area contributed by atoms with Crippen LogP contribution in [0.4, 0.5) is 11.5 Å². The van der Waals surface area contributed by atoms with Gasteiger partial charge in [-0.15, -0.1) is 0 Å². The zero-order chi connectivity index (χ0) is 17.7. The molecule has 2 rings (SSSR count). The summed E-state index contributed by atoms with van der Waals surface area (Å²) >= 11 is 5.75. The molecule has 0 aliphatic rings. The number of rotatable bonds is 5. The molecule has 7 heteroatoms. The van der Waals surface area contributed by atoms with E-state index in [0.717, 1.165) is 11.3 Å². The second-order valence-electron chi connectivity index (χ2n) is 5.49. The molecule has 0 aliphatic heterocycles. The average Bonchev–Trinajstić information content (AvgIpc) is 2.55. The summed E-state index contributed by atoms with van der Waals surface area (Å²) in [5.41, 5.74) is 2.25. The smallest absolute Gasteiger partial charge is 0.253 e. The van der Waals surface area contributed by atoms with Crippen molar-refractivity contribution in [1.29, 1.82) is 0 Å². The van der Waals surface area contributed by atoms with Crippen LogP contribution >= 0.6 is 11.6 Å². The van der Waals surface area contributed by atoms with Crippen molar-refractivity contribution in [3.63, 3.8) is 0 Å². The summed E-state index contributed by atoms with van der Waals surface area (Å²) in [5, 5.41) is 6.21. The van der Waals surface area contributed by atoms with Crippen molar-refractivity contribution < 1.29 is 9.59 Å². The van der Waals surface area contributed by atoms with E-state index >= 15 is 0 Å². The van der Waals surface area contributed by atoms with E-state index in [9.17, 15) is 9.59 Å². The molecule has 0 unspecified atom stereocenters. The normalized spacial score (nSPS) is 10.2. The number of amides is 2. The van der Waals surface area contributed by atoms with E-state index < -0.39 is 0 Å². The van der Waals surface area contributed by atoms with E-state index in [1.807, 2.05) is 13.0 Å². The fourth-order valence-electron chi connectivity index (χ4n) is 2.02. The Labute approximate surface area is 145 Å². The van der Waals surface area contributed by atoms with E-state index in [2.05, 4.69) is 15.6 Å². The van der Waals surface area contributed by atoms with Gasteiger partial charge in [-0.1, -0.05) is 17.7 Å². The monoisotopic (exact) mass is 346 g/mol. The quantitative estimate of drug-likeness (QED) is 0.873. The molecule has 126 valence electrons. The molecule has 0 saturated heterocycles. The Morgan fingerprint density at radius 2 is 1.96 bits per heavy atom. The van der Waals surface area contributed by atoms with Crippen molar-refractivity contribution in [1.82, 2.24) is 9.88 Å². The predicted molar refractivity (Wildman–Crippen MR) is 95.6 cm³/mol. The largest absolute Gasteiger partial charge is 0.376 e. The molecule has 24 heavy (non-hydrogen) atoms. The van der Waals surface area contributed by atoms with Crippen LogP contribution in [0.1, 0.15) is 15.9 Å². The second-order valence-corrected chi connectivity index (χ2v) is 5.93. The average molecular weight is 347 g/mol. The Hall–Kier alpha value is -2.60. The number of hydrogen-bond donors (Lipinski definition) is 2. The van der Waals surface area contributed by atoms with Crippen molar-refractivity contribution >= 4 is 34.9 Å². The van der Waals surface area contributed by atoms with Gasteiger partial charge in [0.1, 0.15) is 5.82 Å². The number of carbonyl (C=O) groups excluding carboxylic acids is 2. The third-order valence-electron chi connectivity index (χ3n) is 3.32. The van der Waals surface area contributed by atoms with Crippen LogP contribution in [0, 0.1) is 6.92 Å². The minimum absolute atomic E-state index is 0.0603. The number of nitrogens with one attached hydrogen (secondary N) is 2. The molecule has 0 bridgehead atoms. The van der Waals surface area contributed by atoms with Gasteiger partial charge in [-0.3, -0.25) is 9.59 Å². The van der Waals surface area contributed by atoms with Crippen LogP contribution in [-0.2, 0) is 4.79 Å². The third kappa shape index (κ3) is 4.70. The van der Waals surface area contributed by atoms with Gasteiger partial charge in [0.05, 0.1) is 11.6 Å². The molecule has 1 aromatic carbocycles. The number of halogens is 1. The van der Waals surface area contributed by atoms with Crippen LogP contribution < -0.4 is 10.6 Å². The molecule has 0 radical (unpaired) electrons. The second kappa shape index (κ2) is 7.79. The van der Waals surface area contributed by atoms with E-state index in [4.69, 9.17) is 11.6 Å². The summed E-state index contributed by atoms with van der Waals surface area (Å²) in [5.74, 6) is 0.0980. The van der Waals surface area contributed by atoms with Crippen molar-refractivity contribution in [3.05, 3.63) is 52.7 Å². The van der Waals surface area contributed by atoms with Gasteiger partial charge in [0.2, 0.25) is 5.91 Å². The first-order valence-electron chi connectivity index (χ1n) is 7.34. The number of anilines is 2. The molecule has 0 fully saturated rings. The first-order valence-corrected chi connectivity index (χ1v) is 7.72. The van der Waals surface area contributed by atoms with E-state index in [1.54, 1.807) is 38.4 Å². The molecule has 6 nitrogen and oxygen atoms in total. The molecule has 0 aliphatic carbocycles. The Balaban J connectivity index is 2.00. The van der Waals surface area contributed by atoms with Crippen LogP contribution in [0.5, 0.6) is 0 Å². The molecular formula is C17H19ClN4O2. The molecule has 0 atom stereocenters. The van der Waals surface area contributed by atoms with Crippen molar-refractivity contribution in [2.75, 3.05) is 31.3 Å². The number of carbonyl (C=O) groups is 2. The summed E-state index contributed by atoms with van der Waals surface area (Å²) < 4.78 is 0. The summed E-state index contributed by atoms with van der Waals surface area (Å²) in [4.78, 5) is 29.5. The van der Waals surface area contributed by atoms with Crippen molar-refractivity contribution in [2.45, 2.75) is 6.92 Å². The molecule has 2 N–H and O–H groups in total. The molecular weight excluding hydrogens is 328 g/mol. The summed E-state index contributed by atoms with van der Waals surface area (Å²) in [6.07, 6.45) is 1.46. The van der Waals surface area contributed by atoms with Gasteiger partial charge in [-0.05, 0) is 36.8 Å². The maximum absolute atomic E-state index is 12.0. The zero-order valence-corrected chi connectivity index (χ0v) is 14.5. The topological polar surface area (TPSA) is 74.3 Å². The van der Waals surface area contributed by atoms with E-state index in [0.29, 0.717) is 16.4 Å². The van der Waals surface area contributed by atoms with Crippen LogP contribution in [0.25, 0.3) is 0 Å². The molecule has 1 aromatic heterocycles. The zero-order valence-electron chi connectivity index (χ0n) is 13.8. The Bertz CT molecular complexity index is 745. The van der Waals surface area contributed by atoms with Gasteiger partial charge in [-0.2, -0.15) is 0 Å². The minimum Gasteiger partial charge on any atom is -0.376 e. The number of aromatic nitrogens is 1. The number of benzene rings is 1. The fourth-order valence-corrected chi connectivity index (χ4v) is 2.13. The van der Waals surface area contributed by atoms with Gasteiger partial charge in [0, 0.05) is 31.5 Å². The predicted octanol–water partition coefficient (Wildman–Crippen LogP) is 2.80. The highest BCUT2D eigenvalue weighted by Crippen LogP contribution is 2.17. The maximum atomic E-state index is 12.0. The molecule has 0 saturated carbocycles. The Morgan fingerprint density at radius 1 is 1.21 bits per heavy atom. The number of hydrogen-bond acceptors (Lipinski definition) is 4. The SMILES string of the molecule is Cc1ccc(C(=O)N(C)C)cc1NCC(=O)Nc1ccc(Cl)cn1. The molecule has 1 heterocycles. The number of pyridine rings is 1. The lowest BCUT2D eigenvalue weighted by Gasteiger charge is -2.14. The van der Waals surface area contributed by atoms with Gasteiger partial charge >= 0.3 is 0 Å². The van der Waals surface area contributed by atoms with Crippen LogP contribution in [0.2, 0.25) is 5.02 Å². The maximum Gasteiger partial charge on any atom is 0.253 e. The summed E-state index contributed by atoms with van der Waals surface area (Å²) in [6, 6.07) is 8.63. The van der Waals surface area contributed by atoms with Gasteiger partial charge < -0.3 is 15.5 Å². The minimum atomic E-state index is -0.242. The first kappa shape index (κ1) is 17.7. The highest BCUT2D eigenvalue weighted by atomic mass is 35.5. The molecule has 2 amide bonds. The highest BCUT2D eigenvalue weighted by molar-refractivity contribution is 6.30. The summed E-state index contributed by atoms with van der Waals surface area (Å²) in [7, 11) is 3.39. The van der Waals surface area contributed by atoms with Crippen LogP contribution in [0.15, 0.2) is 36.5 Å². The van der Waals surface area contributed by atoms with E-state index in [-0.39, 0.29) is 18.4 Å². The lowest BCUT2D eigenvalue weighted by molar-refractivity contribution is -0.114. The first-order chi connectivity index (χ1) is 11.4. The van der Waals surface area contributed by atoms with Crippen molar-refractivity contribution in [3.8, 4) is 0 Å². The standard InChI is InChI=1S/C17H19ClN4O2/c1-11-4-5-12(17(24)22(2)3)8-14(11)19-10-16(23)21-15-7-6-13(18)9-20-15/h4-9,19H,10H2,1-3H3,(H,20,21,23). The fraction of sp³-hybridized carbons (Fsp3) is 0.235. The molecule has 2 aromatic rings. The molecule has 0 spiro atoms. The third-order valence-corrected chi connectivity index (χ3v) is 3.55. The highest BCUT2D eigenvalue weighted by Gasteiger charge is 2.11.